The van der Waals surface area contributed by atoms with Crippen LogP contribution in [0.5, 0.6) is 0 Å². The Balaban J connectivity index is 2.93. The number of rotatable bonds is 3. The van der Waals surface area contributed by atoms with E-state index in [1.807, 2.05) is 0 Å². The highest BCUT2D eigenvalue weighted by Crippen LogP contribution is 2.10. The molecule has 0 radical (unpaired) electrons. The van der Waals surface area contributed by atoms with Gasteiger partial charge in [-0.1, -0.05) is 0 Å². The Labute approximate surface area is 117 Å². The van der Waals surface area contributed by atoms with Gasteiger partial charge in [0.15, 0.2) is 0 Å². The van der Waals surface area contributed by atoms with E-state index >= 15 is 0 Å². The Hall–Kier alpha value is -2.31. The Morgan fingerprint density at radius 1 is 1.45 bits per heavy atom. The third-order valence-electron chi connectivity index (χ3n) is 2.20. The van der Waals surface area contributed by atoms with Crippen LogP contribution in [0, 0.1) is 6.92 Å². The first kappa shape index (κ1) is 15.7. The molecule has 0 fully saturated rings. The maximum atomic E-state index is 11.6. The van der Waals surface area contributed by atoms with E-state index in [9.17, 15) is 9.59 Å². The number of nitrogens with zero attached hydrogens (tertiary/aromatic N) is 2. The smallest absolute Gasteiger partial charge is 0.412 e. The number of nitrogens with one attached hydrogen (secondary N) is 1. The van der Waals surface area contributed by atoms with Crippen LogP contribution >= 0.6 is 0 Å². The second-order valence-electron chi connectivity index (χ2n) is 5.32. The van der Waals surface area contributed by atoms with Crippen LogP contribution in [0.4, 0.5) is 4.79 Å². The molecule has 0 spiro atoms. The molecule has 0 aromatic carbocycles. The van der Waals surface area contributed by atoms with Gasteiger partial charge in [0.2, 0.25) is 0 Å². The number of amides is 1. The number of carbonyl (C=O) groups is 2. The number of aryl methyl sites for hydroxylation is 2. The summed E-state index contributed by atoms with van der Waals surface area (Å²) in [5.74, 6) is -1.25. The van der Waals surface area contributed by atoms with Gasteiger partial charge in [0.05, 0.1) is 11.4 Å². The molecule has 0 aliphatic carbocycles. The van der Waals surface area contributed by atoms with Gasteiger partial charge in [-0.25, -0.2) is 9.59 Å². The van der Waals surface area contributed by atoms with Gasteiger partial charge in [-0.15, -0.1) is 0 Å². The van der Waals surface area contributed by atoms with E-state index in [-0.39, 0.29) is 5.70 Å². The standard InChI is InChI=1S/C13H19N3O4/c1-8-6-9(16(5)15-8)7-10(11(17)18)14-12(19)20-13(2,3)4/h6-7H,1-5H3,(H,14,19)(H,17,18)/b10-7-. The Kier molecular flexibility index (Phi) is 4.54. The average Bonchev–Trinajstić information content (AvgIpc) is 2.53. The molecule has 0 saturated carbocycles. The molecule has 0 unspecified atom stereocenters. The van der Waals surface area contributed by atoms with Crippen LogP contribution in [-0.2, 0) is 16.6 Å². The molecule has 0 saturated heterocycles. The molecule has 7 nitrogen and oxygen atoms in total. The van der Waals surface area contributed by atoms with Crippen LogP contribution in [0.25, 0.3) is 6.08 Å². The number of aromatic nitrogens is 2. The fraction of sp³-hybridized carbons (Fsp3) is 0.462. The van der Waals surface area contributed by atoms with Crippen LogP contribution < -0.4 is 5.32 Å². The third-order valence-corrected chi connectivity index (χ3v) is 2.20. The van der Waals surface area contributed by atoms with Gasteiger partial charge in [-0.2, -0.15) is 5.10 Å². The summed E-state index contributed by atoms with van der Waals surface area (Å²) in [5, 5.41) is 15.4. The van der Waals surface area contributed by atoms with Crippen molar-refractivity contribution in [3.05, 3.63) is 23.2 Å². The molecule has 1 aromatic heterocycles. The van der Waals surface area contributed by atoms with E-state index in [0.717, 1.165) is 5.69 Å². The Bertz CT molecular complexity index is 552. The first-order valence-electron chi connectivity index (χ1n) is 6.04. The minimum absolute atomic E-state index is 0.276. The molecule has 0 atom stereocenters. The Morgan fingerprint density at radius 2 is 2.05 bits per heavy atom. The van der Waals surface area contributed by atoms with Gasteiger partial charge in [0.1, 0.15) is 11.3 Å². The normalized spacial score (nSPS) is 12.2. The van der Waals surface area contributed by atoms with E-state index in [1.54, 1.807) is 40.8 Å². The number of ether oxygens (including phenoxy) is 1. The van der Waals surface area contributed by atoms with Crippen molar-refractivity contribution in [3.63, 3.8) is 0 Å². The lowest BCUT2D eigenvalue weighted by molar-refractivity contribution is -0.133. The van der Waals surface area contributed by atoms with Crippen LogP contribution in [0.2, 0.25) is 0 Å². The first-order valence-corrected chi connectivity index (χ1v) is 6.04. The van der Waals surface area contributed by atoms with Crippen molar-refractivity contribution in [1.29, 1.82) is 0 Å². The number of alkyl carbamates (subject to hydrolysis) is 1. The topological polar surface area (TPSA) is 93.5 Å². The SMILES string of the molecule is Cc1cc(/C=C(\NC(=O)OC(C)(C)C)C(=O)O)n(C)n1. The monoisotopic (exact) mass is 281 g/mol. The molecule has 2 N–H and O–H groups in total. The molecule has 1 rings (SSSR count). The summed E-state index contributed by atoms with van der Waals surface area (Å²) in [6.45, 7) is 6.88. The van der Waals surface area contributed by atoms with Gasteiger partial charge in [0.25, 0.3) is 0 Å². The number of aliphatic carboxylic acids is 1. The van der Waals surface area contributed by atoms with E-state index in [2.05, 4.69) is 10.4 Å². The molecule has 0 aliphatic heterocycles. The van der Waals surface area contributed by atoms with Crippen LogP contribution in [0.1, 0.15) is 32.2 Å². The third kappa shape index (κ3) is 4.75. The lowest BCUT2D eigenvalue weighted by Crippen LogP contribution is -2.34. The second-order valence-corrected chi connectivity index (χ2v) is 5.32. The van der Waals surface area contributed by atoms with Crippen molar-refractivity contribution in [2.45, 2.75) is 33.3 Å². The summed E-state index contributed by atoms with van der Waals surface area (Å²) in [6, 6.07) is 1.71. The molecule has 0 aliphatic rings. The zero-order chi connectivity index (χ0) is 15.5. The zero-order valence-corrected chi connectivity index (χ0v) is 12.2. The maximum Gasteiger partial charge on any atom is 0.412 e. The van der Waals surface area contributed by atoms with Gasteiger partial charge in [-0.3, -0.25) is 10.00 Å². The molecule has 110 valence electrons. The summed E-state index contributed by atoms with van der Waals surface area (Å²) in [5.41, 5.74) is 0.343. The second kappa shape index (κ2) is 5.77. The summed E-state index contributed by atoms with van der Waals surface area (Å²) < 4.78 is 6.54. The largest absolute Gasteiger partial charge is 0.477 e. The molecular formula is C13H19N3O4. The van der Waals surface area contributed by atoms with Crippen molar-refractivity contribution in [1.82, 2.24) is 15.1 Å². The molecule has 1 amide bonds. The number of hydrogen-bond donors (Lipinski definition) is 2. The molecule has 1 heterocycles. The quantitative estimate of drug-likeness (QED) is 0.822. The summed E-state index contributed by atoms with van der Waals surface area (Å²) in [6.07, 6.45) is 0.511. The highest BCUT2D eigenvalue weighted by molar-refractivity contribution is 5.95. The van der Waals surface area contributed by atoms with E-state index in [4.69, 9.17) is 9.84 Å². The minimum Gasteiger partial charge on any atom is -0.477 e. The first-order chi connectivity index (χ1) is 9.08. The van der Waals surface area contributed by atoms with Crippen molar-refractivity contribution < 1.29 is 19.4 Å². The lowest BCUT2D eigenvalue weighted by Gasteiger charge is -2.19. The summed E-state index contributed by atoms with van der Waals surface area (Å²) >= 11 is 0. The average molecular weight is 281 g/mol. The lowest BCUT2D eigenvalue weighted by atomic mass is 10.2. The number of hydrogen-bond acceptors (Lipinski definition) is 4. The predicted molar refractivity (Wildman–Crippen MR) is 72.9 cm³/mol. The fourth-order valence-electron chi connectivity index (χ4n) is 1.48. The molecule has 20 heavy (non-hydrogen) atoms. The van der Waals surface area contributed by atoms with Gasteiger partial charge >= 0.3 is 12.1 Å². The van der Waals surface area contributed by atoms with Crippen molar-refractivity contribution >= 4 is 18.1 Å². The highest BCUT2D eigenvalue weighted by Gasteiger charge is 2.19. The fourth-order valence-corrected chi connectivity index (χ4v) is 1.48. The number of carboxylic acids is 1. The number of carboxylic acid groups (broad SMARTS) is 1. The minimum atomic E-state index is -1.25. The van der Waals surface area contributed by atoms with Crippen LogP contribution in [0.15, 0.2) is 11.8 Å². The molecule has 0 bridgehead atoms. The predicted octanol–water partition coefficient (Wildman–Crippen LogP) is 1.68. The van der Waals surface area contributed by atoms with Crippen molar-refractivity contribution in [2.75, 3.05) is 0 Å². The van der Waals surface area contributed by atoms with Gasteiger partial charge in [0, 0.05) is 7.05 Å². The summed E-state index contributed by atoms with van der Waals surface area (Å²) in [4.78, 5) is 22.7. The van der Waals surface area contributed by atoms with E-state index in [0.29, 0.717) is 5.69 Å². The molecule has 7 heteroatoms. The maximum absolute atomic E-state index is 11.6. The number of carbonyl (C=O) groups excluding carboxylic acids is 1. The van der Waals surface area contributed by atoms with Gasteiger partial charge < -0.3 is 9.84 Å². The van der Waals surface area contributed by atoms with Crippen LogP contribution in [0.3, 0.4) is 0 Å². The van der Waals surface area contributed by atoms with Gasteiger partial charge in [-0.05, 0) is 39.8 Å². The summed E-state index contributed by atoms with van der Waals surface area (Å²) in [7, 11) is 1.69. The van der Waals surface area contributed by atoms with E-state index < -0.39 is 17.7 Å². The molecule has 1 aromatic rings. The highest BCUT2D eigenvalue weighted by atomic mass is 16.6. The van der Waals surface area contributed by atoms with Crippen molar-refractivity contribution in [3.8, 4) is 0 Å². The Morgan fingerprint density at radius 3 is 2.45 bits per heavy atom. The van der Waals surface area contributed by atoms with Crippen LogP contribution in [-0.4, -0.2) is 32.6 Å². The zero-order valence-electron chi connectivity index (χ0n) is 12.2. The molecular weight excluding hydrogens is 262 g/mol. The van der Waals surface area contributed by atoms with E-state index in [1.165, 1.54) is 10.8 Å². The van der Waals surface area contributed by atoms with Crippen molar-refractivity contribution in [2.24, 2.45) is 7.05 Å².